The second-order valence-electron chi connectivity index (χ2n) is 9.58. The summed E-state index contributed by atoms with van der Waals surface area (Å²) >= 11 is 0. The van der Waals surface area contributed by atoms with Crippen LogP contribution in [0, 0.1) is 6.92 Å². The Hall–Kier alpha value is -3.43. The van der Waals surface area contributed by atoms with Gasteiger partial charge in [0.25, 0.3) is 5.91 Å². The summed E-state index contributed by atoms with van der Waals surface area (Å²) in [5, 5.41) is 3.24. The summed E-state index contributed by atoms with van der Waals surface area (Å²) in [6.45, 7) is 4.37. The van der Waals surface area contributed by atoms with Crippen LogP contribution in [0.5, 0.6) is 0 Å². The number of benzene rings is 2. The highest BCUT2D eigenvalue weighted by Crippen LogP contribution is 2.29. The lowest BCUT2D eigenvalue weighted by Crippen LogP contribution is -2.38. The number of hydrogen-bond acceptors (Lipinski definition) is 6. The molecule has 1 saturated heterocycles. The highest BCUT2D eigenvalue weighted by molar-refractivity contribution is 7.92. The first-order chi connectivity index (χ1) is 17.8. The number of hydrogen-bond donors (Lipinski definition) is 3. The molecule has 2 aromatic carbocycles. The third kappa shape index (κ3) is 7.53. The minimum absolute atomic E-state index is 0.0106. The molecule has 0 spiro atoms. The van der Waals surface area contributed by atoms with Gasteiger partial charge in [-0.25, -0.2) is 8.42 Å². The summed E-state index contributed by atoms with van der Waals surface area (Å²) in [4.78, 5) is 19.1. The van der Waals surface area contributed by atoms with Crippen molar-refractivity contribution in [2.75, 3.05) is 35.8 Å². The van der Waals surface area contributed by atoms with Crippen LogP contribution in [0.25, 0.3) is 0 Å². The van der Waals surface area contributed by atoms with Gasteiger partial charge in [-0.1, -0.05) is 24.3 Å². The zero-order chi connectivity index (χ0) is 26.3. The van der Waals surface area contributed by atoms with Crippen molar-refractivity contribution >= 4 is 27.3 Å². The van der Waals surface area contributed by atoms with Gasteiger partial charge in [0, 0.05) is 43.3 Å². The van der Waals surface area contributed by atoms with Crippen molar-refractivity contribution in [1.29, 1.82) is 0 Å². The predicted octanol–water partition coefficient (Wildman–Crippen LogP) is 3.91. The summed E-state index contributed by atoms with van der Waals surface area (Å²) in [5.74, 6) is 0.322. The van der Waals surface area contributed by atoms with E-state index in [9.17, 15) is 13.2 Å². The van der Waals surface area contributed by atoms with E-state index in [4.69, 9.17) is 5.73 Å². The average molecular weight is 522 g/mol. The zero-order valence-electron chi connectivity index (χ0n) is 21.2. The number of piperidine rings is 1. The fourth-order valence-electron chi connectivity index (χ4n) is 4.57. The highest BCUT2D eigenvalue weighted by Gasteiger charge is 2.25. The number of anilines is 2. The van der Waals surface area contributed by atoms with Crippen LogP contribution < -0.4 is 15.8 Å². The summed E-state index contributed by atoms with van der Waals surface area (Å²) in [5.41, 5.74) is 10.6. The molecule has 0 aliphatic carbocycles. The molecule has 0 unspecified atom stereocenters. The second-order valence-corrected chi connectivity index (χ2v) is 11.4. The van der Waals surface area contributed by atoms with Crippen LogP contribution in [-0.2, 0) is 16.6 Å². The van der Waals surface area contributed by atoms with E-state index in [0.29, 0.717) is 49.8 Å². The Labute approximate surface area is 219 Å². The molecule has 2 heterocycles. The Balaban J connectivity index is 1.29. The third-order valence-electron chi connectivity index (χ3n) is 6.76. The predicted molar refractivity (Wildman–Crippen MR) is 148 cm³/mol. The Morgan fingerprint density at radius 3 is 2.57 bits per heavy atom. The monoisotopic (exact) mass is 521 g/mol. The van der Waals surface area contributed by atoms with Crippen molar-refractivity contribution in [2.45, 2.75) is 38.6 Å². The van der Waals surface area contributed by atoms with Crippen LogP contribution in [0.3, 0.4) is 0 Å². The Bertz CT molecular complexity index is 1290. The molecular weight excluding hydrogens is 486 g/mol. The minimum Gasteiger partial charge on any atom is -0.399 e. The summed E-state index contributed by atoms with van der Waals surface area (Å²) in [6, 6.07) is 17.0. The first-order valence-corrected chi connectivity index (χ1v) is 14.3. The number of nitrogens with two attached hydrogens (primary N) is 1. The number of rotatable bonds is 10. The lowest BCUT2D eigenvalue weighted by Gasteiger charge is -2.32. The van der Waals surface area contributed by atoms with Gasteiger partial charge < -0.3 is 16.0 Å². The van der Waals surface area contributed by atoms with E-state index < -0.39 is 10.0 Å². The van der Waals surface area contributed by atoms with E-state index in [1.54, 1.807) is 30.6 Å². The van der Waals surface area contributed by atoms with Gasteiger partial charge in [-0.2, -0.15) is 0 Å². The molecular formula is C28H35N5O3S. The van der Waals surface area contributed by atoms with Gasteiger partial charge in [-0.05, 0) is 85.7 Å². The Morgan fingerprint density at radius 2 is 1.86 bits per heavy atom. The van der Waals surface area contributed by atoms with E-state index in [-0.39, 0.29) is 11.7 Å². The van der Waals surface area contributed by atoms with Crippen molar-refractivity contribution in [2.24, 2.45) is 0 Å². The van der Waals surface area contributed by atoms with Gasteiger partial charge in [-0.3, -0.25) is 14.5 Å². The van der Waals surface area contributed by atoms with Gasteiger partial charge in [0.05, 0.1) is 11.4 Å². The van der Waals surface area contributed by atoms with Crippen LogP contribution in [-0.4, -0.2) is 49.6 Å². The Kier molecular flexibility index (Phi) is 8.78. The first kappa shape index (κ1) is 26.6. The smallest absolute Gasteiger partial charge is 0.253 e. The Morgan fingerprint density at radius 1 is 1.11 bits per heavy atom. The van der Waals surface area contributed by atoms with E-state index in [1.807, 2.05) is 36.1 Å². The van der Waals surface area contributed by atoms with Crippen molar-refractivity contribution in [1.82, 2.24) is 15.2 Å². The molecule has 4 rings (SSSR count). The molecule has 0 saturated carbocycles. The molecule has 0 radical (unpaired) electrons. The fourth-order valence-corrected chi connectivity index (χ4v) is 5.75. The summed E-state index contributed by atoms with van der Waals surface area (Å²) in [6.07, 6.45) is 5.74. The number of carbonyl (C=O) groups is 1. The number of nitrogens with zero attached hydrogens (tertiary/aromatic N) is 2. The van der Waals surface area contributed by atoms with Gasteiger partial charge in [0.15, 0.2) is 0 Å². The number of carbonyl (C=O) groups excluding carboxylic acids is 1. The van der Waals surface area contributed by atoms with Crippen LogP contribution >= 0.6 is 0 Å². The molecule has 9 heteroatoms. The van der Waals surface area contributed by atoms with Crippen molar-refractivity contribution < 1.29 is 13.2 Å². The number of aromatic nitrogens is 1. The van der Waals surface area contributed by atoms with Crippen LogP contribution in [0.4, 0.5) is 11.4 Å². The van der Waals surface area contributed by atoms with Crippen molar-refractivity contribution in [3.05, 3.63) is 89.2 Å². The number of aryl methyl sites for hydroxylation is 1. The average Bonchev–Trinajstić information content (AvgIpc) is 2.90. The molecule has 1 aromatic heterocycles. The van der Waals surface area contributed by atoms with E-state index in [1.165, 1.54) is 5.56 Å². The topological polar surface area (TPSA) is 117 Å². The number of nitrogens with one attached hydrogen (secondary N) is 2. The number of likely N-dealkylation sites (tertiary alicyclic amines) is 1. The summed E-state index contributed by atoms with van der Waals surface area (Å²) < 4.78 is 28.1. The molecule has 0 bridgehead atoms. The zero-order valence-corrected chi connectivity index (χ0v) is 22.0. The molecule has 1 aliphatic heterocycles. The number of amides is 1. The van der Waals surface area contributed by atoms with Gasteiger partial charge in [0.2, 0.25) is 10.0 Å². The van der Waals surface area contributed by atoms with Crippen LogP contribution in [0.1, 0.15) is 52.2 Å². The van der Waals surface area contributed by atoms with E-state index >= 15 is 0 Å². The molecule has 37 heavy (non-hydrogen) atoms. The van der Waals surface area contributed by atoms with E-state index in [2.05, 4.69) is 27.2 Å². The lowest BCUT2D eigenvalue weighted by molar-refractivity contribution is 0.0713. The maximum absolute atomic E-state index is 13.2. The van der Waals surface area contributed by atoms with Crippen molar-refractivity contribution in [3.63, 3.8) is 0 Å². The highest BCUT2D eigenvalue weighted by atomic mass is 32.2. The second kappa shape index (κ2) is 12.2. The minimum atomic E-state index is -3.55. The molecule has 1 aliphatic rings. The maximum atomic E-state index is 13.2. The van der Waals surface area contributed by atoms with Gasteiger partial charge >= 0.3 is 0 Å². The van der Waals surface area contributed by atoms with Crippen molar-refractivity contribution in [3.8, 4) is 0 Å². The normalized spacial score (nSPS) is 14.5. The largest absolute Gasteiger partial charge is 0.399 e. The molecule has 8 nitrogen and oxygen atoms in total. The quantitative estimate of drug-likeness (QED) is 0.275. The van der Waals surface area contributed by atoms with Gasteiger partial charge in [0.1, 0.15) is 0 Å². The van der Waals surface area contributed by atoms with E-state index in [0.717, 1.165) is 29.7 Å². The van der Waals surface area contributed by atoms with Crippen LogP contribution in [0.15, 0.2) is 67.0 Å². The standard InChI is InChI=1S/C28H35N5O3S/c1-21-5-6-25(28(34)33-15-11-24(12-16-33)23-7-9-26(29)10-8-23)18-27(21)32-37(35,36)17-3-14-31-20-22-4-2-13-30-19-22/h2,4-10,13,18-19,24,31-32H,3,11-12,14-17,20,29H2,1H3. The van der Waals surface area contributed by atoms with Crippen LogP contribution in [0.2, 0.25) is 0 Å². The lowest BCUT2D eigenvalue weighted by atomic mass is 9.89. The molecule has 0 atom stereocenters. The number of pyridine rings is 1. The maximum Gasteiger partial charge on any atom is 0.253 e. The molecule has 3 aromatic rings. The number of sulfonamides is 1. The SMILES string of the molecule is Cc1ccc(C(=O)N2CCC(c3ccc(N)cc3)CC2)cc1NS(=O)(=O)CCCNCc1cccnc1. The molecule has 196 valence electrons. The fraction of sp³-hybridized carbons (Fsp3) is 0.357. The summed E-state index contributed by atoms with van der Waals surface area (Å²) in [7, 11) is -3.55. The third-order valence-corrected chi connectivity index (χ3v) is 8.12. The molecule has 1 amide bonds. The first-order valence-electron chi connectivity index (χ1n) is 12.7. The molecule has 1 fully saturated rings. The van der Waals surface area contributed by atoms with Gasteiger partial charge in [-0.15, -0.1) is 0 Å². The number of nitrogen functional groups attached to an aromatic ring is 1. The molecule has 4 N–H and O–H groups in total.